The highest BCUT2D eigenvalue weighted by molar-refractivity contribution is 6.30. The minimum atomic E-state index is -0.456. The molecule has 2 rings (SSSR count). The van der Waals surface area contributed by atoms with Crippen molar-refractivity contribution in [1.29, 1.82) is 0 Å². The predicted octanol–water partition coefficient (Wildman–Crippen LogP) is 3.01. The van der Waals surface area contributed by atoms with Crippen LogP contribution in [0.15, 0.2) is 18.2 Å². The van der Waals surface area contributed by atoms with Crippen LogP contribution >= 0.6 is 11.6 Å². The normalized spacial score (nSPS) is 17.1. The Bertz CT molecular complexity index is 367. The summed E-state index contributed by atoms with van der Waals surface area (Å²) < 4.78 is 29.3. The van der Waals surface area contributed by atoms with E-state index in [4.69, 9.17) is 25.8 Å². The molecule has 1 aliphatic heterocycles. The van der Waals surface area contributed by atoms with Crippen LogP contribution in [0.5, 0.6) is 5.75 Å². The van der Waals surface area contributed by atoms with Gasteiger partial charge in [-0.3, -0.25) is 0 Å². The molecule has 0 N–H and O–H groups in total. The number of hydrogen-bond donors (Lipinski definition) is 0. The van der Waals surface area contributed by atoms with Crippen molar-refractivity contribution in [2.75, 3.05) is 19.8 Å². The van der Waals surface area contributed by atoms with Crippen molar-refractivity contribution in [3.63, 3.8) is 0 Å². The molecule has 0 unspecified atom stereocenters. The lowest BCUT2D eigenvalue weighted by Gasteiger charge is -2.23. The van der Waals surface area contributed by atoms with E-state index in [9.17, 15) is 4.39 Å². The van der Waals surface area contributed by atoms with Crippen LogP contribution in [0.25, 0.3) is 0 Å². The average molecular weight is 261 g/mol. The van der Waals surface area contributed by atoms with Gasteiger partial charge in [-0.25, -0.2) is 4.39 Å². The molecular weight excluding hydrogens is 247 g/mol. The van der Waals surface area contributed by atoms with E-state index in [2.05, 4.69) is 0 Å². The maximum atomic E-state index is 13.3. The Morgan fingerprint density at radius 3 is 2.82 bits per heavy atom. The van der Waals surface area contributed by atoms with Gasteiger partial charge in [-0.2, -0.15) is 0 Å². The predicted molar refractivity (Wildman–Crippen MR) is 61.8 cm³/mol. The molecule has 0 aromatic heterocycles. The molecular formula is C12H14ClFO3. The van der Waals surface area contributed by atoms with Gasteiger partial charge in [0.25, 0.3) is 0 Å². The minimum absolute atomic E-state index is 0.199. The van der Waals surface area contributed by atoms with Crippen LogP contribution in [0.2, 0.25) is 5.02 Å². The van der Waals surface area contributed by atoms with Gasteiger partial charge in [0.2, 0.25) is 0 Å². The van der Waals surface area contributed by atoms with E-state index >= 15 is 0 Å². The molecule has 0 saturated carbocycles. The molecule has 1 saturated heterocycles. The molecule has 3 nitrogen and oxygen atoms in total. The lowest BCUT2D eigenvalue weighted by Crippen LogP contribution is -2.26. The van der Waals surface area contributed by atoms with Gasteiger partial charge in [-0.1, -0.05) is 11.6 Å². The van der Waals surface area contributed by atoms with Crippen LogP contribution in [-0.4, -0.2) is 26.1 Å². The molecule has 1 aromatic carbocycles. The molecule has 0 atom stereocenters. The number of benzene rings is 1. The number of halogens is 2. The first-order valence-electron chi connectivity index (χ1n) is 5.57. The van der Waals surface area contributed by atoms with Crippen molar-refractivity contribution in [2.45, 2.75) is 19.1 Å². The first kappa shape index (κ1) is 12.6. The van der Waals surface area contributed by atoms with Crippen LogP contribution < -0.4 is 4.74 Å². The molecule has 94 valence electrons. The van der Waals surface area contributed by atoms with E-state index in [-0.39, 0.29) is 12.0 Å². The second kappa shape index (κ2) is 6.19. The number of ether oxygens (including phenoxy) is 3. The molecule has 0 aliphatic carbocycles. The second-order valence-corrected chi connectivity index (χ2v) is 4.17. The SMILES string of the molecule is Fc1cc(Cl)ccc1OCCC1OCCCO1. The Hall–Kier alpha value is -0.840. The molecule has 17 heavy (non-hydrogen) atoms. The zero-order valence-corrected chi connectivity index (χ0v) is 10.1. The topological polar surface area (TPSA) is 27.7 Å². The highest BCUT2D eigenvalue weighted by atomic mass is 35.5. The van der Waals surface area contributed by atoms with E-state index in [0.29, 0.717) is 31.3 Å². The quantitative estimate of drug-likeness (QED) is 0.833. The van der Waals surface area contributed by atoms with Crippen molar-refractivity contribution < 1.29 is 18.6 Å². The Morgan fingerprint density at radius 2 is 2.12 bits per heavy atom. The molecule has 0 bridgehead atoms. The fourth-order valence-electron chi connectivity index (χ4n) is 1.56. The third kappa shape index (κ3) is 3.84. The molecule has 1 heterocycles. The van der Waals surface area contributed by atoms with Gasteiger partial charge < -0.3 is 14.2 Å². The molecule has 1 aliphatic rings. The summed E-state index contributed by atoms with van der Waals surface area (Å²) in [4.78, 5) is 0. The van der Waals surface area contributed by atoms with Crippen molar-refractivity contribution in [3.05, 3.63) is 29.0 Å². The standard InChI is InChI=1S/C12H14ClFO3/c13-9-2-3-11(10(14)8-9)15-7-4-12-16-5-1-6-17-12/h2-3,8,12H,1,4-7H2. The second-order valence-electron chi connectivity index (χ2n) is 3.74. The zero-order chi connectivity index (χ0) is 12.1. The van der Waals surface area contributed by atoms with Gasteiger partial charge in [0, 0.05) is 11.4 Å². The van der Waals surface area contributed by atoms with E-state index in [1.165, 1.54) is 12.1 Å². The maximum Gasteiger partial charge on any atom is 0.166 e. The van der Waals surface area contributed by atoms with Crippen molar-refractivity contribution in [1.82, 2.24) is 0 Å². The van der Waals surface area contributed by atoms with E-state index < -0.39 is 5.82 Å². The van der Waals surface area contributed by atoms with E-state index in [1.54, 1.807) is 6.07 Å². The largest absolute Gasteiger partial charge is 0.490 e. The maximum absolute atomic E-state index is 13.3. The van der Waals surface area contributed by atoms with Crippen LogP contribution in [0.3, 0.4) is 0 Å². The molecule has 0 radical (unpaired) electrons. The lowest BCUT2D eigenvalue weighted by atomic mass is 10.3. The minimum Gasteiger partial charge on any atom is -0.490 e. The Labute approximate surface area is 104 Å². The fraction of sp³-hybridized carbons (Fsp3) is 0.500. The van der Waals surface area contributed by atoms with Gasteiger partial charge in [0.15, 0.2) is 17.9 Å². The molecule has 1 aromatic rings. The Balaban J connectivity index is 1.77. The summed E-state index contributed by atoms with van der Waals surface area (Å²) in [7, 11) is 0. The summed E-state index contributed by atoms with van der Waals surface area (Å²) in [6, 6.07) is 4.33. The highest BCUT2D eigenvalue weighted by Crippen LogP contribution is 2.21. The van der Waals surface area contributed by atoms with Crippen molar-refractivity contribution in [3.8, 4) is 5.75 Å². The Kier molecular flexibility index (Phi) is 4.59. The van der Waals surface area contributed by atoms with Gasteiger partial charge in [0.05, 0.1) is 19.8 Å². The number of hydrogen-bond acceptors (Lipinski definition) is 3. The average Bonchev–Trinajstić information content (AvgIpc) is 2.33. The van der Waals surface area contributed by atoms with Crippen LogP contribution in [0.1, 0.15) is 12.8 Å². The van der Waals surface area contributed by atoms with Gasteiger partial charge in [-0.05, 0) is 24.6 Å². The monoisotopic (exact) mass is 260 g/mol. The molecule has 5 heteroatoms. The Morgan fingerprint density at radius 1 is 1.35 bits per heavy atom. The molecule has 0 spiro atoms. The number of rotatable bonds is 4. The molecule has 0 amide bonds. The van der Waals surface area contributed by atoms with Gasteiger partial charge >= 0.3 is 0 Å². The van der Waals surface area contributed by atoms with Crippen LogP contribution in [-0.2, 0) is 9.47 Å². The fourth-order valence-corrected chi connectivity index (χ4v) is 1.72. The van der Waals surface area contributed by atoms with E-state index in [1.807, 2.05) is 0 Å². The van der Waals surface area contributed by atoms with Crippen molar-refractivity contribution in [2.24, 2.45) is 0 Å². The zero-order valence-electron chi connectivity index (χ0n) is 9.33. The van der Waals surface area contributed by atoms with Gasteiger partial charge in [-0.15, -0.1) is 0 Å². The van der Waals surface area contributed by atoms with Crippen molar-refractivity contribution >= 4 is 11.6 Å². The summed E-state index contributed by atoms with van der Waals surface area (Å²) in [5.74, 6) is -0.256. The summed E-state index contributed by atoms with van der Waals surface area (Å²) in [5, 5.41) is 0.355. The third-order valence-electron chi connectivity index (χ3n) is 2.40. The smallest absolute Gasteiger partial charge is 0.166 e. The highest BCUT2D eigenvalue weighted by Gasteiger charge is 2.14. The lowest BCUT2D eigenvalue weighted by molar-refractivity contribution is -0.183. The van der Waals surface area contributed by atoms with Crippen LogP contribution in [0.4, 0.5) is 4.39 Å². The first-order chi connectivity index (χ1) is 8.25. The summed E-state index contributed by atoms with van der Waals surface area (Å²) in [5.41, 5.74) is 0. The summed E-state index contributed by atoms with van der Waals surface area (Å²) in [6.45, 7) is 1.77. The van der Waals surface area contributed by atoms with Gasteiger partial charge in [0.1, 0.15) is 0 Å². The third-order valence-corrected chi connectivity index (χ3v) is 2.64. The van der Waals surface area contributed by atoms with E-state index in [0.717, 1.165) is 6.42 Å². The molecule has 1 fully saturated rings. The summed E-state index contributed by atoms with van der Waals surface area (Å²) >= 11 is 5.64. The first-order valence-corrected chi connectivity index (χ1v) is 5.94. The summed E-state index contributed by atoms with van der Waals surface area (Å²) in [6.07, 6.45) is 1.27. The van der Waals surface area contributed by atoms with Crippen LogP contribution in [0, 0.1) is 5.82 Å².